The van der Waals surface area contributed by atoms with Gasteiger partial charge < -0.3 is 29.8 Å². The Balaban J connectivity index is 0. The monoisotopic (exact) mass is 467 g/mol. The molecule has 0 spiro atoms. The summed E-state index contributed by atoms with van der Waals surface area (Å²) in [6.45, 7) is 18.0. The van der Waals surface area contributed by atoms with Crippen LogP contribution in [0.15, 0.2) is 30.5 Å². The van der Waals surface area contributed by atoms with Gasteiger partial charge in [0.25, 0.3) is 0 Å². The van der Waals surface area contributed by atoms with Crippen LogP contribution in [0.25, 0.3) is 12.2 Å². The van der Waals surface area contributed by atoms with Crippen molar-refractivity contribution in [2.75, 3.05) is 0 Å². The first kappa shape index (κ1) is 29.8. The first-order valence-corrected chi connectivity index (χ1v) is 11.5. The first-order valence-electron chi connectivity index (χ1n) is 8.98. The molecule has 0 atom stereocenters. The van der Waals surface area contributed by atoms with E-state index in [1.54, 1.807) is 0 Å². The van der Waals surface area contributed by atoms with E-state index in [0.29, 0.717) is 0 Å². The average Bonchev–Trinajstić information content (AvgIpc) is 3.14. The van der Waals surface area contributed by atoms with Gasteiger partial charge in [-0.05, 0) is 13.8 Å². The summed E-state index contributed by atoms with van der Waals surface area (Å²) in [4.78, 5) is 3.09. The Bertz CT molecular complexity index is 830. The molecule has 1 heterocycles. The van der Waals surface area contributed by atoms with Gasteiger partial charge >= 0.3 is 21.7 Å². The second-order valence-corrected chi connectivity index (χ2v) is 11.5. The summed E-state index contributed by atoms with van der Waals surface area (Å²) in [6.07, 6.45) is 11.0. The molecule has 1 aliphatic carbocycles. The molecule has 150 valence electrons. The van der Waals surface area contributed by atoms with Crippen LogP contribution in [0.4, 0.5) is 0 Å². The minimum absolute atomic E-state index is 0. The fraction of sp³-hybridized carbons (Fsp3) is 0.435. The Morgan fingerprint density at radius 3 is 1.89 bits per heavy atom. The minimum atomic E-state index is -0.329. The molecule has 3 rings (SSSR count). The normalized spacial score (nSPS) is 11.9. The Kier molecular flexibility index (Phi) is 12.5. The van der Waals surface area contributed by atoms with Crippen molar-refractivity contribution in [3.8, 4) is 0 Å². The van der Waals surface area contributed by atoms with Crippen molar-refractivity contribution in [2.45, 2.75) is 65.5 Å². The molecule has 1 aromatic carbocycles. The van der Waals surface area contributed by atoms with Gasteiger partial charge in [-0.15, -0.1) is 52.6 Å². The summed E-state index contributed by atoms with van der Waals surface area (Å²) >= 11 is 0. The molecular formula is C23H31Cl2NSiTi. The van der Waals surface area contributed by atoms with E-state index >= 15 is 0 Å². The van der Waals surface area contributed by atoms with Crippen LogP contribution in [0.2, 0.25) is 13.1 Å². The Morgan fingerprint density at radius 2 is 1.46 bits per heavy atom. The summed E-state index contributed by atoms with van der Waals surface area (Å²) < 4.78 is 0. The van der Waals surface area contributed by atoms with E-state index in [0.717, 1.165) is 0 Å². The van der Waals surface area contributed by atoms with Gasteiger partial charge in [-0.1, -0.05) is 66.1 Å². The number of hydrogen-bond acceptors (Lipinski definition) is 0. The molecule has 0 radical (unpaired) electrons. The molecule has 2 aromatic rings. The molecule has 1 aliphatic rings. The van der Waals surface area contributed by atoms with E-state index in [2.05, 4.69) is 108 Å². The van der Waals surface area contributed by atoms with Gasteiger partial charge in [-0.2, -0.15) is 16.9 Å². The van der Waals surface area contributed by atoms with Crippen molar-refractivity contribution in [1.82, 2.24) is 4.98 Å². The fourth-order valence-electron chi connectivity index (χ4n) is 2.85. The Labute approximate surface area is 200 Å². The number of aromatic nitrogens is 1. The summed E-state index contributed by atoms with van der Waals surface area (Å²) in [6, 6.07) is 8.43. The van der Waals surface area contributed by atoms with E-state index in [9.17, 15) is 0 Å². The molecule has 0 amide bonds. The van der Waals surface area contributed by atoms with Crippen molar-refractivity contribution in [3.05, 3.63) is 58.2 Å². The topological polar surface area (TPSA) is 15.8 Å². The maximum atomic E-state index is 3.44. The number of fused-ring (bicyclic) bond motifs is 1. The maximum Gasteiger partial charge on any atom is 4.00 e. The number of aromatic amines is 1. The third-order valence-electron chi connectivity index (χ3n) is 4.31. The van der Waals surface area contributed by atoms with Gasteiger partial charge in [0.2, 0.25) is 0 Å². The molecule has 0 saturated carbocycles. The predicted octanol–water partition coefficient (Wildman–Crippen LogP) is -1.94. The quantitative estimate of drug-likeness (QED) is 0.343. The maximum absolute atomic E-state index is 3.44. The molecular weight excluding hydrogens is 437 g/mol. The second kappa shape index (κ2) is 11.7. The number of benzene rings is 1. The molecule has 0 bridgehead atoms. The molecule has 1 aromatic heterocycles. The van der Waals surface area contributed by atoms with E-state index < -0.39 is 0 Å². The molecule has 28 heavy (non-hydrogen) atoms. The molecule has 1 N–H and O–H groups in total. The van der Waals surface area contributed by atoms with Gasteiger partial charge in [0.05, 0.1) is 0 Å². The van der Waals surface area contributed by atoms with Crippen LogP contribution in [0.3, 0.4) is 0 Å². The summed E-state index contributed by atoms with van der Waals surface area (Å²) in [5.74, 6) is 0. The van der Waals surface area contributed by atoms with Crippen LogP contribution in [-0.2, 0) is 32.5 Å². The first-order chi connectivity index (χ1) is 11.5. The third-order valence-corrected chi connectivity index (χ3v) is 5.66. The number of nitrogens with one attached hydrogen (secondary N) is 1. The summed E-state index contributed by atoms with van der Waals surface area (Å²) in [5.41, 5.74) is 3.07. The largest absolute Gasteiger partial charge is 4.00 e. The minimum Gasteiger partial charge on any atom is -1.00 e. The smallest absolute Gasteiger partial charge is 1.00 e. The van der Waals surface area contributed by atoms with Crippen molar-refractivity contribution < 1.29 is 46.5 Å². The molecule has 0 unspecified atom stereocenters. The average molecular weight is 468 g/mol. The van der Waals surface area contributed by atoms with Crippen molar-refractivity contribution in [2.24, 2.45) is 0 Å². The van der Waals surface area contributed by atoms with E-state index in [1.807, 2.05) is 0 Å². The third kappa shape index (κ3) is 7.80. The summed E-state index contributed by atoms with van der Waals surface area (Å²) in [7, 11) is -0.329. The SMILES string of the molecule is CC(C)(C)c1[c-][nH]cc1C(C)(C)C.C[Si](C)=C1[C-]=c2ccccc2=C1.[Cl-].[Cl-].[Ti+4]. The molecule has 5 heteroatoms. The zero-order valence-electron chi connectivity index (χ0n) is 18.2. The van der Waals surface area contributed by atoms with E-state index in [4.69, 9.17) is 0 Å². The van der Waals surface area contributed by atoms with Crippen LogP contribution < -0.4 is 35.3 Å². The van der Waals surface area contributed by atoms with Gasteiger partial charge in [0.15, 0.2) is 0 Å². The Morgan fingerprint density at radius 1 is 0.893 bits per heavy atom. The molecule has 0 aliphatic heterocycles. The van der Waals surface area contributed by atoms with Crippen molar-refractivity contribution in [1.29, 1.82) is 0 Å². The number of H-pyrrole nitrogens is 1. The molecule has 1 nitrogen and oxygen atoms in total. The number of rotatable bonds is 0. The summed E-state index contributed by atoms with van der Waals surface area (Å²) in [5, 5.41) is 4.01. The van der Waals surface area contributed by atoms with Crippen LogP contribution in [0.1, 0.15) is 52.7 Å². The van der Waals surface area contributed by atoms with E-state index in [-0.39, 0.29) is 65.8 Å². The van der Waals surface area contributed by atoms with Crippen LogP contribution in [-0.4, -0.2) is 18.6 Å². The standard InChI is InChI=1S/C12H20N.C11H11Si.2ClH.Ti/c1-11(2,3)9-7-13-8-10(9)12(4,5)6;1-12(2)11-7-9-5-3-4-6-10(9)8-11;;;/h7,13H,1-6H3;3-7H,1-2H3;2*1H;/q2*-1;;;+4/p-2. The van der Waals surface area contributed by atoms with Crippen LogP contribution in [0.5, 0.6) is 0 Å². The van der Waals surface area contributed by atoms with Gasteiger partial charge in [0.1, 0.15) is 0 Å². The zero-order valence-corrected chi connectivity index (χ0v) is 22.3. The van der Waals surface area contributed by atoms with Crippen molar-refractivity contribution in [3.63, 3.8) is 0 Å². The fourth-order valence-corrected chi connectivity index (χ4v) is 3.67. The number of halogens is 2. The van der Waals surface area contributed by atoms with Crippen molar-refractivity contribution >= 4 is 25.7 Å². The molecule has 0 saturated heterocycles. The Hall–Kier alpha value is -0.379. The second-order valence-electron chi connectivity index (χ2n) is 8.97. The predicted molar refractivity (Wildman–Crippen MR) is 113 cm³/mol. The van der Waals surface area contributed by atoms with Gasteiger partial charge in [-0.3, -0.25) is 0 Å². The van der Waals surface area contributed by atoms with Crippen LogP contribution >= 0.6 is 0 Å². The number of hydrogen-bond donors (Lipinski definition) is 1. The van der Waals surface area contributed by atoms with Gasteiger partial charge in [-0.25, -0.2) is 0 Å². The van der Waals surface area contributed by atoms with Gasteiger partial charge in [0, 0.05) is 0 Å². The zero-order chi connectivity index (χ0) is 18.8. The van der Waals surface area contributed by atoms with E-state index in [1.165, 1.54) is 26.7 Å². The molecule has 0 fully saturated rings. The van der Waals surface area contributed by atoms with Crippen LogP contribution in [0, 0.1) is 6.20 Å².